The first-order valence-electron chi connectivity index (χ1n) is 6.96. The van der Waals surface area contributed by atoms with Gasteiger partial charge in [-0.3, -0.25) is 0 Å². The summed E-state index contributed by atoms with van der Waals surface area (Å²) in [6.07, 6.45) is 4.84. The van der Waals surface area contributed by atoms with E-state index in [4.69, 9.17) is 4.52 Å². The quantitative estimate of drug-likeness (QED) is 0.795. The van der Waals surface area contributed by atoms with Crippen molar-refractivity contribution in [2.24, 2.45) is 5.92 Å². The summed E-state index contributed by atoms with van der Waals surface area (Å²) in [6.45, 7) is 0. The van der Waals surface area contributed by atoms with Gasteiger partial charge < -0.3 is 9.63 Å². The van der Waals surface area contributed by atoms with Crippen LogP contribution in [0.15, 0.2) is 41.1 Å². The summed E-state index contributed by atoms with van der Waals surface area (Å²) in [5.74, 6) is 1.66. The summed E-state index contributed by atoms with van der Waals surface area (Å²) < 4.78 is 6.81. The molecule has 6 heteroatoms. The molecule has 0 bridgehead atoms. The Kier molecular flexibility index (Phi) is 2.73. The predicted octanol–water partition coefficient (Wildman–Crippen LogP) is 2.58. The van der Waals surface area contributed by atoms with Crippen LogP contribution in [0.2, 0.25) is 0 Å². The second kappa shape index (κ2) is 4.73. The zero-order valence-corrected chi connectivity index (χ0v) is 11.3. The summed E-state index contributed by atoms with van der Waals surface area (Å²) in [5.41, 5.74) is 1.17. The van der Waals surface area contributed by atoms with E-state index in [0.29, 0.717) is 17.4 Å². The van der Waals surface area contributed by atoms with Crippen molar-refractivity contribution in [1.82, 2.24) is 19.9 Å². The topological polar surface area (TPSA) is 77.0 Å². The van der Waals surface area contributed by atoms with Crippen LogP contribution in [-0.2, 0) is 6.42 Å². The van der Waals surface area contributed by atoms with E-state index < -0.39 is 0 Å². The molecule has 106 valence electrons. The number of rotatable bonds is 4. The molecule has 0 spiro atoms. The van der Waals surface area contributed by atoms with E-state index in [9.17, 15) is 5.11 Å². The zero-order valence-electron chi connectivity index (χ0n) is 11.3. The van der Waals surface area contributed by atoms with Gasteiger partial charge in [0.05, 0.1) is 11.9 Å². The summed E-state index contributed by atoms with van der Waals surface area (Å²) in [5, 5.41) is 18.3. The van der Waals surface area contributed by atoms with Crippen molar-refractivity contribution in [2.45, 2.75) is 19.3 Å². The normalized spacial score (nSPS) is 14.5. The first-order valence-corrected chi connectivity index (χ1v) is 6.96. The minimum absolute atomic E-state index is 0.0282. The molecule has 0 atom stereocenters. The molecule has 1 aromatic carbocycles. The van der Waals surface area contributed by atoms with E-state index in [-0.39, 0.29) is 11.6 Å². The Morgan fingerprint density at radius 1 is 1.24 bits per heavy atom. The van der Waals surface area contributed by atoms with E-state index in [0.717, 1.165) is 12.1 Å². The number of aromatic nitrogens is 4. The number of aromatic hydroxyl groups is 1. The largest absolute Gasteiger partial charge is 0.504 e. The highest BCUT2D eigenvalue weighted by molar-refractivity contribution is 5.56. The highest BCUT2D eigenvalue weighted by Crippen LogP contribution is 2.33. The Morgan fingerprint density at radius 2 is 2.05 bits per heavy atom. The Labute approximate surface area is 121 Å². The molecule has 2 aromatic heterocycles. The highest BCUT2D eigenvalue weighted by Gasteiger charge is 2.25. The average Bonchev–Trinajstić information content (AvgIpc) is 3.05. The van der Waals surface area contributed by atoms with Crippen molar-refractivity contribution in [3.8, 4) is 23.0 Å². The fourth-order valence-electron chi connectivity index (χ4n) is 2.24. The fraction of sp³-hybridized carbons (Fsp3) is 0.267. The van der Waals surface area contributed by atoms with E-state index in [1.54, 1.807) is 4.68 Å². The predicted molar refractivity (Wildman–Crippen MR) is 74.9 cm³/mol. The molecule has 3 aromatic rings. The van der Waals surface area contributed by atoms with E-state index >= 15 is 0 Å². The van der Waals surface area contributed by atoms with Gasteiger partial charge in [-0.25, -0.2) is 4.68 Å². The molecule has 0 unspecified atom stereocenters. The van der Waals surface area contributed by atoms with Gasteiger partial charge in [0.2, 0.25) is 0 Å². The minimum Gasteiger partial charge on any atom is -0.504 e. The average molecular weight is 282 g/mol. The highest BCUT2D eigenvalue weighted by atomic mass is 16.5. The van der Waals surface area contributed by atoms with Crippen LogP contribution in [0.1, 0.15) is 18.7 Å². The number of benzene rings is 1. The maximum absolute atomic E-state index is 10.0. The fourth-order valence-corrected chi connectivity index (χ4v) is 2.24. The Bertz CT molecular complexity index is 759. The number of hydrogen-bond donors (Lipinski definition) is 1. The summed E-state index contributed by atoms with van der Waals surface area (Å²) in [4.78, 5) is 4.31. The lowest BCUT2D eigenvalue weighted by Gasteiger charge is -1.98. The van der Waals surface area contributed by atoms with Crippen LogP contribution in [0.5, 0.6) is 5.75 Å². The van der Waals surface area contributed by atoms with Crippen molar-refractivity contribution in [2.75, 3.05) is 0 Å². The van der Waals surface area contributed by atoms with Gasteiger partial charge in [0.15, 0.2) is 17.3 Å². The summed E-state index contributed by atoms with van der Waals surface area (Å²) >= 11 is 0. The summed E-state index contributed by atoms with van der Waals surface area (Å²) in [7, 11) is 0. The SMILES string of the molecule is Oc1cn(-c2ccccc2)nc1-c1nc(CC2CC2)no1. The smallest absolute Gasteiger partial charge is 0.282 e. The van der Waals surface area contributed by atoms with E-state index in [1.807, 2.05) is 30.3 Å². The Hall–Kier alpha value is -2.63. The van der Waals surface area contributed by atoms with Crippen molar-refractivity contribution >= 4 is 0 Å². The zero-order chi connectivity index (χ0) is 14.2. The molecule has 2 heterocycles. The molecule has 0 radical (unpaired) electrons. The lowest BCUT2D eigenvalue weighted by Crippen LogP contribution is -1.94. The van der Waals surface area contributed by atoms with Crippen LogP contribution < -0.4 is 0 Å². The minimum atomic E-state index is 0.0282. The lowest BCUT2D eigenvalue weighted by atomic mass is 10.3. The van der Waals surface area contributed by atoms with Crippen LogP contribution in [0, 0.1) is 5.92 Å². The molecule has 1 saturated carbocycles. The molecule has 0 saturated heterocycles. The van der Waals surface area contributed by atoms with Crippen LogP contribution >= 0.6 is 0 Å². The van der Waals surface area contributed by atoms with E-state index in [1.165, 1.54) is 19.0 Å². The monoisotopic (exact) mass is 282 g/mol. The second-order valence-electron chi connectivity index (χ2n) is 5.31. The second-order valence-corrected chi connectivity index (χ2v) is 5.31. The van der Waals surface area contributed by atoms with Crippen molar-refractivity contribution < 1.29 is 9.63 Å². The first kappa shape index (κ1) is 12.1. The van der Waals surface area contributed by atoms with Gasteiger partial charge in [-0.2, -0.15) is 10.1 Å². The van der Waals surface area contributed by atoms with Gasteiger partial charge in [0.25, 0.3) is 5.89 Å². The Balaban J connectivity index is 1.65. The molecular formula is C15H14N4O2. The summed E-state index contributed by atoms with van der Waals surface area (Å²) in [6, 6.07) is 9.56. The molecule has 1 fully saturated rings. The molecule has 6 nitrogen and oxygen atoms in total. The number of para-hydroxylation sites is 1. The van der Waals surface area contributed by atoms with Crippen LogP contribution in [0.4, 0.5) is 0 Å². The third kappa shape index (κ3) is 2.40. The van der Waals surface area contributed by atoms with Crippen molar-refractivity contribution in [1.29, 1.82) is 0 Å². The van der Waals surface area contributed by atoms with Gasteiger partial charge in [0, 0.05) is 6.42 Å². The third-order valence-corrected chi connectivity index (χ3v) is 3.55. The van der Waals surface area contributed by atoms with Crippen molar-refractivity contribution in [3.63, 3.8) is 0 Å². The molecule has 0 amide bonds. The van der Waals surface area contributed by atoms with Crippen LogP contribution in [0.3, 0.4) is 0 Å². The molecule has 1 aliphatic carbocycles. The van der Waals surface area contributed by atoms with Gasteiger partial charge in [-0.1, -0.05) is 23.4 Å². The van der Waals surface area contributed by atoms with Gasteiger partial charge in [-0.05, 0) is 30.9 Å². The van der Waals surface area contributed by atoms with E-state index in [2.05, 4.69) is 15.2 Å². The van der Waals surface area contributed by atoms with Crippen LogP contribution in [-0.4, -0.2) is 25.0 Å². The molecule has 4 rings (SSSR count). The standard InChI is InChI=1S/C15H14N4O2/c20-12-9-19(11-4-2-1-3-5-11)17-14(12)15-16-13(18-21-15)8-10-6-7-10/h1-5,9-10,20H,6-8H2. The van der Waals surface area contributed by atoms with Gasteiger partial charge in [0.1, 0.15) is 0 Å². The van der Waals surface area contributed by atoms with Crippen LogP contribution in [0.25, 0.3) is 17.3 Å². The number of nitrogens with zero attached hydrogens (tertiary/aromatic N) is 4. The molecular weight excluding hydrogens is 268 g/mol. The molecule has 0 aliphatic heterocycles. The maximum atomic E-state index is 10.0. The molecule has 21 heavy (non-hydrogen) atoms. The van der Waals surface area contributed by atoms with Gasteiger partial charge in [-0.15, -0.1) is 0 Å². The third-order valence-electron chi connectivity index (χ3n) is 3.55. The first-order chi connectivity index (χ1) is 10.3. The van der Waals surface area contributed by atoms with Crippen molar-refractivity contribution in [3.05, 3.63) is 42.4 Å². The molecule has 1 aliphatic rings. The number of hydrogen-bond acceptors (Lipinski definition) is 5. The lowest BCUT2D eigenvalue weighted by molar-refractivity contribution is 0.415. The Morgan fingerprint density at radius 3 is 2.81 bits per heavy atom. The maximum Gasteiger partial charge on any atom is 0.282 e. The van der Waals surface area contributed by atoms with Gasteiger partial charge >= 0.3 is 0 Å². The molecule has 1 N–H and O–H groups in total.